The van der Waals surface area contributed by atoms with Crippen LogP contribution in [0.15, 0.2) is 24.3 Å². The molecule has 1 aromatic rings. The topological polar surface area (TPSA) is 71.5 Å². The van der Waals surface area contributed by atoms with Crippen molar-refractivity contribution in [2.75, 3.05) is 0 Å². The van der Waals surface area contributed by atoms with E-state index in [1.54, 1.807) is 24.3 Å². The summed E-state index contributed by atoms with van der Waals surface area (Å²) in [5.41, 5.74) is 1.23. The lowest BCUT2D eigenvalue weighted by molar-refractivity contribution is 1.46. The molecule has 0 saturated heterocycles. The Kier molecular flexibility index (Phi) is 2.34. The van der Waals surface area contributed by atoms with Crippen molar-refractivity contribution in [1.82, 2.24) is 0 Å². The summed E-state index contributed by atoms with van der Waals surface area (Å²) in [7, 11) is 0. The lowest BCUT2D eigenvalue weighted by Gasteiger charge is -1.96. The summed E-state index contributed by atoms with van der Waals surface area (Å²) < 4.78 is 0. The molecule has 0 aromatic heterocycles. The first kappa shape index (κ1) is 8.15. The molecule has 1 rings (SSSR count). The quantitative estimate of drug-likeness (QED) is 0.628. The molecular formula is C9H7N3. The third kappa shape index (κ3) is 1.55. The number of hydrogen-bond acceptors (Lipinski definition) is 3. The fourth-order valence-electron chi connectivity index (χ4n) is 0.840. The summed E-state index contributed by atoms with van der Waals surface area (Å²) >= 11 is 0. The summed E-state index contributed by atoms with van der Waals surface area (Å²) in [5, 5.41) is 22.7. The van der Waals surface area contributed by atoms with Crippen LogP contribution in [0.25, 0.3) is 0 Å². The molecule has 0 unspecified atom stereocenters. The van der Waals surface area contributed by atoms with Gasteiger partial charge in [0.05, 0.1) is 17.3 Å². The van der Waals surface area contributed by atoms with Gasteiger partial charge >= 0.3 is 0 Å². The van der Waals surface area contributed by atoms with Gasteiger partial charge in [-0.15, -0.1) is 0 Å². The molecule has 58 valence electrons. The van der Waals surface area contributed by atoms with E-state index < -0.39 is 0 Å². The van der Waals surface area contributed by atoms with E-state index in [4.69, 9.17) is 16.1 Å². The maximum atomic E-state index is 8.54. The molecule has 0 atom stereocenters. The highest BCUT2D eigenvalue weighted by Crippen LogP contribution is 2.03. The van der Waals surface area contributed by atoms with Gasteiger partial charge in [0.25, 0.3) is 0 Å². The van der Waals surface area contributed by atoms with Gasteiger partial charge < -0.3 is 5.41 Å². The highest BCUT2D eigenvalue weighted by atomic mass is 14.5. The molecule has 12 heavy (non-hydrogen) atoms. The summed E-state index contributed by atoms with van der Waals surface area (Å²) in [4.78, 5) is 0. The summed E-state index contributed by atoms with van der Waals surface area (Å²) in [5.74, 6) is 0. The van der Waals surface area contributed by atoms with Gasteiger partial charge in [0.1, 0.15) is 0 Å². The molecule has 2 N–H and O–H groups in total. The summed E-state index contributed by atoms with van der Waals surface area (Å²) in [6.45, 7) is 0. The smallest absolute Gasteiger partial charge is 0.0991 e. The maximum absolute atomic E-state index is 8.54. The zero-order valence-corrected chi connectivity index (χ0v) is 6.33. The number of rotatable bonds is 2. The van der Waals surface area contributed by atoms with Crippen molar-refractivity contribution in [2.45, 2.75) is 0 Å². The van der Waals surface area contributed by atoms with Crippen molar-refractivity contribution in [2.24, 2.45) is 0 Å². The van der Waals surface area contributed by atoms with Gasteiger partial charge in [0.15, 0.2) is 0 Å². The fourth-order valence-corrected chi connectivity index (χ4v) is 0.840. The summed E-state index contributed by atoms with van der Waals surface area (Å²) in [6, 6.07) is 8.64. The first-order chi connectivity index (χ1) is 5.77. The summed E-state index contributed by atoms with van der Waals surface area (Å²) in [6.07, 6.45) is 0.955. The van der Waals surface area contributed by atoms with Crippen molar-refractivity contribution < 1.29 is 0 Å². The van der Waals surface area contributed by atoms with Gasteiger partial charge in [-0.25, -0.2) is 0 Å². The van der Waals surface area contributed by atoms with Crippen LogP contribution in [0.2, 0.25) is 0 Å². The minimum atomic E-state index is 0.118. The van der Waals surface area contributed by atoms with Crippen molar-refractivity contribution >= 4 is 11.9 Å². The minimum Gasteiger partial charge on any atom is -0.307 e. The van der Waals surface area contributed by atoms with Crippen LogP contribution in [0.3, 0.4) is 0 Å². The second kappa shape index (κ2) is 3.44. The van der Waals surface area contributed by atoms with E-state index in [1.807, 2.05) is 6.07 Å². The number of hydrogen-bond donors (Lipinski definition) is 2. The molecule has 0 saturated carbocycles. The normalized spacial score (nSPS) is 8.58. The molecule has 0 fully saturated rings. The van der Waals surface area contributed by atoms with E-state index in [1.165, 1.54) is 0 Å². The van der Waals surface area contributed by atoms with Crippen LogP contribution in [-0.4, -0.2) is 11.9 Å². The number of benzene rings is 1. The minimum absolute atomic E-state index is 0.118. The Bertz CT molecular complexity index is 360. The van der Waals surface area contributed by atoms with Crippen molar-refractivity contribution in [1.29, 1.82) is 16.1 Å². The Labute approximate surface area is 70.3 Å². The molecule has 0 spiro atoms. The van der Waals surface area contributed by atoms with Gasteiger partial charge in [-0.3, -0.25) is 5.41 Å². The molecule has 0 aliphatic rings. The average Bonchev–Trinajstić information content (AvgIpc) is 2.17. The van der Waals surface area contributed by atoms with Gasteiger partial charge in [-0.1, -0.05) is 12.1 Å². The molecule has 0 aliphatic carbocycles. The Morgan fingerprint density at radius 2 is 2.25 bits per heavy atom. The lowest BCUT2D eigenvalue weighted by atomic mass is 10.1. The van der Waals surface area contributed by atoms with Gasteiger partial charge in [0, 0.05) is 11.8 Å². The fraction of sp³-hybridized carbons (Fsp3) is 0. The molecule has 0 heterocycles. The molecule has 0 aliphatic heterocycles. The molecule has 0 radical (unpaired) electrons. The third-order valence-corrected chi connectivity index (χ3v) is 1.45. The predicted octanol–water partition coefficient (Wildman–Crippen LogP) is 1.58. The first-order valence-electron chi connectivity index (χ1n) is 3.37. The van der Waals surface area contributed by atoms with Crippen LogP contribution in [0, 0.1) is 22.1 Å². The first-order valence-corrected chi connectivity index (χ1v) is 3.37. The Hall–Kier alpha value is -1.95. The van der Waals surface area contributed by atoms with E-state index in [9.17, 15) is 0 Å². The lowest BCUT2D eigenvalue weighted by Crippen LogP contribution is -1.98. The van der Waals surface area contributed by atoms with Crippen LogP contribution in [0.4, 0.5) is 0 Å². The van der Waals surface area contributed by atoms with Crippen molar-refractivity contribution in [3.05, 3.63) is 35.4 Å². The highest BCUT2D eigenvalue weighted by Gasteiger charge is 1.97. The number of nitrogens with one attached hydrogen (secondary N) is 2. The second-order valence-corrected chi connectivity index (χ2v) is 2.25. The highest BCUT2D eigenvalue weighted by molar-refractivity contribution is 6.35. The van der Waals surface area contributed by atoms with Crippen LogP contribution in [0.1, 0.15) is 11.1 Å². The van der Waals surface area contributed by atoms with Crippen molar-refractivity contribution in [3.63, 3.8) is 0 Å². The molecule has 0 amide bonds. The van der Waals surface area contributed by atoms with E-state index in [0.29, 0.717) is 11.1 Å². The monoisotopic (exact) mass is 157 g/mol. The van der Waals surface area contributed by atoms with Gasteiger partial charge in [-0.2, -0.15) is 5.26 Å². The Balaban J connectivity index is 3.11. The van der Waals surface area contributed by atoms with Crippen molar-refractivity contribution in [3.8, 4) is 6.07 Å². The average molecular weight is 157 g/mol. The van der Waals surface area contributed by atoms with Gasteiger partial charge in [-0.05, 0) is 12.1 Å². The zero-order chi connectivity index (χ0) is 8.97. The second-order valence-electron chi connectivity index (χ2n) is 2.25. The molecular weight excluding hydrogens is 150 g/mol. The van der Waals surface area contributed by atoms with Crippen LogP contribution >= 0.6 is 0 Å². The molecule has 0 bridgehead atoms. The van der Waals surface area contributed by atoms with E-state index >= 15 is 0 Å². The predicted molar refractivity (Wildman–Crippen MR) is 46.8 cm³/mol. The molecule has 3 heteroatoms. The van der Waals surface area contributed by atoms with E-state index in [0.717, 1.165) is 6.21 Å². The maximum Gasteiger partial charge on any atom is 0.0991 e. The zero-order valence-electron chi connectivity index (χ0n) is 6.33. The van der Waals surface area contributed by atoms with E-state index in [-0.39, 0.29) is 5.71 Å². The molecule has 3 nitrogen and oxygen atoms in total. The largest absolute Gasteiger partial charge is 0.307 e. The van der Waals surface area contributed by atoms with Crippen LogP contribution in [0.5, 0.6) is 0 Å². The van der Waals surface area contributed by atoms with Crippen LogP contribution < -0.4 is 0 Å². The SMILES string of the molecule is N#Cc1cccc(C(=N)C=N)c1. The number of nitrogens with zero attached hydrogens (tertiary/aromatic N) is 1. The Morgan fingerprint density at radius 1 is 1.50 bits per heavy atom. The van der Waals surface area contributed by atoms with Crippen LogP contribution in [-0.2, 0) is 0 Å². The Morgan fingerprint density at radius 3 is 2.83 bits per heavy atom. The number of nitriles is 1. The third-order valence-electron chi connectivity index (χ3n) is 1.45. The van der Waals surface area contributed by atoms with E-state index in [2.05, 4.69) is 0 Å². The standard InChI is InChI=1S/C9H7N3/c10-5-7-2-1-3-8(4-7)9(12)6-11/h1-4,6,11-12H. The molecule has 1 aromatic carbocycles. The van der Waals surface area contributed by atoms with Gasteiger partial charge in [0.2, 0.25) is 0 Å².